The Morgan fingerprint density at radius 2 is 2.10 bits per heavy atom. The van der Waals surface area contributed by atoms with Gasteiger partial charge in [-0.25, -0.2) is 19.6 Å². The van der Waals surface area contributed by atoms with Crippen molar-refractivity contribution in [1.82, 2.24) is 30.0 Å². The largest absolute Gasteiger partial charge is 0.356 e. The summed E-state index contributed by atoms with van der Waals surface area (Å²) in [5, 5.41) is 9.32. The van der Waals surface area contributed by atoms with Crippen LogP contribution in [-0.2, 0) is 6.54 Å². The number of hydrogen-bond donors (Lipinski definition) is 1. The number of nitrogens with zero attached hydrogens (tertiary/aromatic N) is 6. The Balaban J connectivity index is 1.53. The van der Waals surface area contributed by atoms with Gasteiger partial charge in [-0.2, -0.15) is 5.10 Å². The number of fused-ring (bicyclic) bond motifs is 1. The Morgan fingerprint density at radius 3 is 2.87 bits per heavy atom. The van der Waals surface area contributed by atoms with E-state index in [1.807, 2.05) is 10.9 Å². The lowest BCUT2D eigenvalue weighted by Crippen LogP contribution is -2.30. The first-order valence-corrected chi connectivity index (χ1v) is 11.5. The molecule has 1 aliphatic rings. The van der Waals surface area contributed by atoms with Crippen LogP contribution in [0.2, 0.25) is 5.15 Å². The predicted molar refractivity (Wildman–Crippen MR) is 119 cm³/mol. The van der Waals surface area contributed by atoms with Crippen LogP contribution in [0.4, 0.5) is 5.82 Å². The van der Waals surface area contributed by atoms with Crippen molar-refractivity contribution in [2.75, 3.05) is 30.3 Å². The number of rotatable bonds is 7. The Hall–Kier alpha value is -2.39. The minimum absolute atomic E-state index is 0.194. The van der Waals surface area contributed by atoms with Gasteiger partial charge in [0, 0.05) is 25.8 Å². The molecular weight excluding hydrogens is 422 g/mol. The summed E-state index contributed by atoms with van der Waals surface area (Å²) in [4.78, 5) is 28.2. The van der Waals surface area contributed by atoms with Crippen LogP contribution < -0.4 is 10.2 Å². The van der Waals surface area contributed by atoms with Gasteiger partial charge in [-0.15, -0.1) is 0 Å². The monoisotopic (exact) mass is 445 g/mol. The van der Waals surface area contributed by atoms with E-state index in [2.05, 4.69) is 27.2 Å². The molecule has 0 bridgehead atoms. The molecule has 0 radical (unpaired) electrons. The van der Waals surface area contributed by atoms with Crippen molar-refractivity contribution in [3.8, 4) is 0 Å². The third-order valence-corrected chi connectivity index (χ3v) is 6.03. The minimum atomic E-state index is -0.254. The summed E-state index contributed by atoms with van der Waals surface area (Å²) in [7, 11) is 0. The standard InChI is InChI=1S/C20H24ClN7OS/c1-2-30-20-25-17(27-10-4-3-5-11-27)15-13-24-28(18(15)26-20)12-9-23-19(29)14-7-6-8-22-16(14)21/h6-8,13H,2-5,9-12H2,1H3,(H,23,29). The number of hydrogen-bond acceptors (Lipinski definition) is 7. The maximum Gasteiger partial charge on any atom is 0.254 e. The minimum Gasteiger partial charge on any atom is -0.356 e. The number of nitrogens with one attached hydrogen (secondary N) is 1. The molecule has 0 aliphatic carbocycles. The van der Waals surface area contributed by atoms with E-state index in [9.17, 15) is 4.79 Å². The molecule has 3 aromatic rings. The lowest BCUT2D eigenvalue weighted by atomic mass is 10.1. The van der Waals surface area contributed by atoms with Gasteiger partial charge in [0.15, 0.2) is 10.8 Å². The fourth-order valence-electron chi connectivity index (χ4n) is 3.55. The number of carbonyl (C=O) groups is 1. The Morgan fingerprint density at radius 1 is 1.27 bits per heavy atom. The van der Waals surface area contributed by atoms with Gasteiger partial charge in [-0.1, -0.05) is 30.3 Å². The summed E-state index contributed by atoms with van der Waals surface area (Å²) < 4.78 is 1.83. The lowest BCUT2D eigenvalue weighted by Gasteiger charge is -2.28. The number of piperidine rings is 1. The van der Waals surface area contributed by atoms with Crippen LogP contribution >= 0.6 is 23.4 Å². The Labute approximate surface area is 184 Å². The highest BCUT2D eigenvalue weighted by atomic mass is 35.5. The van der Waals surface area contributed by atoms with Crippen molar-refractivity contribution >= 4 is 46.1 Å². The second-order valence-corrected chi connectivity index (χ2v) is 8.60. The molecule has 0 unspecified atom stereocenters. The molecule has 4 heterocycles. The van der Waals surface area contributed by atoms with Gasteiger partial charge in [-0.05, 0) is 37.1 Å². The molecule has 0 atom stereocenters. The lowest BCUT2D eigenvalue weighted by molar-refractivity contribution is 0.0952. The summed E-state index contributed by atoms with van der Waals surface area (Å²) >= 11 is 7.63. The molecule has 0 spiro atoms. The zero-order valence-corrected chi connectivity index (χ0v) is 18.4. The molecule has 1 N–H and O–H groups in total. The molecule has 158 valence electrons. The predicted octanol–water partition coefficient (Wildman–Crippen LogP) is 3.41. The summed E-state index contributed by atoms with van der Waals surface area (Å²) in [6.07, 6.45) is 7.01. The topological polar surface area (TPSA) is 88.8 Å². The number of thioether (sulfide) groups is 1. The fraction of sp³-hybridized carbons (Fsp3) is 0.450. The zero-order valence-electron chi connectivity index (χ0n) is 16.8. The van der Waals surface area contributed by atoms with Crippen LogP contribution in [0.15, 0.2) is 29.7 Å². The average Bonchev–Trinajstić information content (AvgIpc) is 3.17. The molecule has 1 amide bonds. The highest BCUT2D eigenvalue weighted by Gasteiger charge is 2.20. The number of pyridine rings is 1. The second-order valence-electron chi connectivity index (χ2n) is 7.01. The highest BCUT2D eigenvalue weighted by Crippen LogP contribution is 2.29. The van der Waals surface area contributed by atoms with Crippen LogP contribution in [0.25, 0.3) is 11.0 Å². The van der Waals surface area contributed by atoms with E-state index < -0.39 is 0 Å². The first kappa shape index (κ1) is 20.9. The van der Waals surface area contributed by atoms with Gasteiger partial charge in [0.2, 0.25) is 0 Å². The van der Waals surface area contributed by atoms with Gasteiger partial charge < -0.3 is 10.2 Å². The maximum absolute atomic E-state index is 12.4. The van der Waals surface area contributed by atoms with Crippen LogP contribution in [-0.4, -0.2) is 56.0 Å². The second kappa shape index (κ2) is 9.61. The van der Waals surface area contributed by atoms with Gasteiger partial charge in [0.1, 0.15) is 11.0 Å². The summed E-state index contributed by atoms with van der Waals surface area (Å²) in [5.74, 6) is 1.62. The number of carbonyl (C=O) groups excluding carboxylic acids is 1. The fourth-order valence-corrected chi connectivity index (χ4v) is 4.32. The van der Waals surface area contributed by atoms with E-state index in [1.54, 1.807) is 30.1 Å². The van der Waals surface area contributed by atoms with Gasteiger partial charge in [-0.3, -0.25) is 4.79 Å². The molecule has 1 aliphatic heterocycles. The van der Waals surface area contributed by atoms with Crippen LogP contribution in [0.5, 0.6) is 0 Å². The van der Waals surface area contributed by atoms with E-state index in [0.717, 1.165) is 40.9 Å². The molecule has 3 aromatic heterocycles. The summed E-state index contributed by atoms with van der Waals surface area (Å²) in [6, 6.07) is 3.34. The molecular formula is C20H24ClN7OS. The number of halogens is 1. The molecule has 30 heavy (non-hydrogen) atoms. The van der Waals surface area contributed by atoms with Crippen molar-refractivity contribution in [2.45, 2.75) is 37.9 Å². The van der Waals surface area contributed by atoms with E-state index in [-0.39, 0.29) is 11.1 Å². The quantitative estimate of drug-likeness (QED) is 0.338. The molecule has 1 fully saturated rings. The van der Waals surface area contributed by atoms with E-state index >= 15 is 0 Å². The Kier molecular flexibility index (Phi) is 6.69. The van der Waals surface area contributed by atoms with Gasteiger partial charge in [0.05, 0.1) is 23.7 Å². The van der Waals surface area contributed by atoms with Crippen LogP contribution in [0, 0.1) is 0 Å². The molecule has 1 saturated heterocycles. The first-order chi connectivity index (χ1) is 14.7. The normalized spacial score (nSPS) is 14.3. The van der Waals surface area contributed by atoms with Crippen molar-refractivity contribution in [1.29, 1.82) is 0 Å². The van der Waals surface area contributed by atoms with Crippen molar-refractivity contribution < 1.29 is 4.79 Å². The van der Waals surface area contributed by atoms with E-state index in [0.29, 0.717) is 18.7 Å². The first-order valence-electron chi connectivity index (χ1n) is 10.2. The Bertz CT molecular complexity index is 1040. The highest BCUT2D eigenvalue weighted by molar-refractivity contribution is 7.99. The molecule has 0 saturated carbocycles. The summed E-state index contributed by atoms with van der Waals surface area (Å²) in [5.41, 5.74) is 1.16. The molecule has 10 heteroatoms. The van der Waals surface area contributed by atoms with Crippen molar-refractivity contribution in [2.24, 2.45) is 0 Å². The number of aromatic nitrogens is 5. The molecule has 4 rings (SSSR count). The average molecular weight is 446 g/mol. The van der Waals surface area contributed by atoms with Crippen molar-refractivity contribution in [3.05, 3.63) is 35.2 Å². The van der Waals surface area contributed by atoms with Crippen LogP contribution in [0.3, 0.4) is 0 Å². The van der Waals surface area contributed by atoms with Crippen molar-refractivity contribution in [3.63, 3.8) is 0 Å². The van der Waals surface area contributed by atoms with Crippen LogP contribution in [0.1, 0.15) is 36.5 Å². The van der Waals surface area contributed by atoms with E-state index in [4.69, 9.17) is 21.6 Å². The zero-order chi connectivity index (χ0) is 20.9. The molecule has 8 nitrogen and oxygen atoms in total. The van der Waals surface area contributed by atoms with Gasteiger partial charge >= 0.3 is 0 Å². The SMILES string of the molecule is CCSc1nc(N2CCCCC2)c2cnn(CCNC(=O)c3cccnc3Cl)c2n1. The number of amides is 1. The smallest absolute Gasteiger partial charge is 0.254 e. The third-order valence-electron chi connectivity index (χ3n) is 5.00. The van der Waals surface area contributed by atoms with E-state index in [1.165, 1.54) is 19.3 Å². The molecule has 0 aromatic carbocycles. The third kappa shape index (κ3) is 4.52. The summed E-state index contributed by atoms with van der Waals surface area (Å²) in [6.45, 7) is 5.01. The maximum atomic E-state index is 12.4. The number of anilines is 1. The van der Waals surface area contributed by atoms with Gasteiger partial charge in [0.25, 0.3) is 5.91 Å².